The number of pyridine rings is 2. The van der Waals surface area contributed by atoms with E-state index in [4.69, 9.17) is 0 Å². The first-order valence-corrected chi connectivity index (χ1v) is 6.82. The summed E-state index contributed by atoms with van der Waals surface area (Å²) in [5, 5.41) is 2.68. The number of nitrogens with one attached hydrogen (secondary N) is 1. The zero-order valence-electron chi connectivity index (χ0n) is 12.0. The first kappa shape index (κ1) is 13.9. The molecule has 6 nitrogen and oxygen atoms in total. The fourth-order valence-corrected chi connectivity index (χ4v) is 2.17. The predicted octanol–water partition coefficient (Wildman–Crippen LogP) is 1.33. The van der Waals surface area contributed by atoms with Gasteiger partial charge < -0.3 is 5.32 Å². The van der Waals surface area contributed by atoms with Gasteiger partial charge in [-0.2, -0.15) is 0 Å². The van der Waals surface area contributed by atoms with Gasteiger partial charge in [0.1, 0.15) is 11.2 Å². The third-order valence-electron chi connectivity index (χ3n) is 3.33. The molecule has 0 radical (unpaired) electrons. The van der Waals surface area contributed by atoms with Crippen molar-refractivity contribution in [3.8, 4) is 0 Å². The highest BCUT2D eigenvalue weighted by Gasteiger charge is 2.13. The molecule has 0 aromatic carbocycles. The lowest BCUT2D eigenvalue weighted by Crippen LogP contribution is -2.31. The van der Waals surface area contributed by atoms with Crippen molar-refractivity contribution in [3.63, 3.8) is 0 Å². The van der Waals surface area contributed by atoms with E-state index >= 15 is 0 Å². The molecule has 3 heterocycles. The molecule has 3 rings (SSSR count). The van der Waals surface area contributed by atoms with Crippen LogP contribution in [0.5, 0.6) is 0 Å². The summed E-state index contributed by atoms with van der Waals surface area (Å²) in [6, 6.07) is 9.05. The van der Waals surface area contributed by atoms with Crippen LogP contribution in [0.4, 0.5) is 0 Å². The van der Waals surface area contributed by atoms with Crippen molar-refractivity contribution in [2.75, 3.05) is 0 Å². The van der Waals surface area contributed by atoms with Crippen molar-refractivity contribution < 1.29 is 4.79 Å². The van der Waals surface area contributed by atoms with Gasteiger partial charge in [-0.1, -0.05) is 12.1 Å². The van der Waals surface area contributed by atoms with E-state index in [-0.39, 0.29) is 17.7 Å². The number of fused-ring (bicyclic) bond motifs is 1. The van der Waals surface area contributed by atoms with Crippen LogP contribution in [-0.2, 0) is 6.54 Å². The van der Waals surface area contributed by atoms with Crippen LogP contribution in [-0.4, -0.2) is 20.3 Å². The van der Waals surface area contributed by atoms with E-state index in [1.807, 2.05) is 19.1 Å². The summed E-state index contributed by atoms with van der Waals surface area (Å²) < 4.78 is 1.38. The number of aromatic nitrogens is 3. The molecule has 0 unspecified atom stereocenters. The molecule has 0 saturated heterocycles. The van der Waals surface area contributed by atoms with Gasteiger partial charge in [-0.3, -0.25) is 19.0 Å². The number of aryl methyl sites for hydroxylation is 1. The van der Waals surface area contributed by atoms with Crippen molar-refractivity contribution in [2.45, 2.75) is 13.5 Å². The number of hydrogen-bond donors (Lipinski definition) is 1. The third kappa shape index (κ3) is 2.58. The van der Waals surface area contributed by atoms with Crippen LogP contribution in [0.2, 0.25) is 0 Å². The molecule has 3 aromatic heterocycles. The van der Waals surface area contributed by atoms with E-state index in [1.54, 1.807) is 30.6 Å². The molecule has 0 saturated carbocycles. The minimum Gasteiger partial charge on any atom is -0.346 e. The van der Waals surface area contributed by atoms with Crippen LogP contribution in [0, 0.1) is 6.92 Å². The van der Waals surface area contributed by atoms with Crippen molar-refractivity contribution in [3.05, 3.63) is 76.1 Å². The van der Waals surface area contributed by atoms with Gasteiger partial charge in [-0.05, 0) is 30.7 Å². The molecule has 0 fully saturated rings. The Morgan fingerprint density at radius 2 is 2.09 bits per heavy atom. The average molecular weight is 294 g/mol. The number of carbonyl (C=O) groups excluding carboxylic acids is 1. The van der Waals surface area contributed by atoms with Crippen molar-refractivity contribution in [1.29, 1.82) is 0 Å². The zero-order valence-corrected chi connectivity index (χ0v) is 12.0. The molecule has 1 amide bonds. The maximum atomic E-state index is 12.4. The number of amides is 1. The number of rotatable bonds is 3. The Balaban J connectivity index is 1.88. The third-order valence-corrected chi connectivity index (χ3v) is 3.33. The highest BCUT2D eigenvalue weighted by atomic mass is 16.2. The predicted molar refractivity (Wildman–Crippen MR) is 81.6 cm³/mol. The van der Waals surface area contributed by atoms with Gasteiger partial charge in [0.15, 0.2) is 0 Å². The van der Waals surface area contributed by atoms with Crippen molar-refractivity contribution in [2.24, 2.45) is 0 Å². The number of nitrogens with zero attached hydrogens (tertiary/aromatic N) is 3. The topological polar surface area (TPSA) is 76.4 Å². The second-order valence-corrected chi connectivity index (χ2v) is 4.87. The van der Waals surface area contributed by atoms with Gasteiger partial charge in [0, 0.05) is 18.6 Å². The van der Waals surface area contributed by atoms with Gasteiger partial charge in [0.25, 0.3) is 11.5 Å². The lowest BCUT2D eigenvalue weighted by Gasteiger charge is -2.07. The smallest absolute Gasteiger partial charge is 0.270 e. The quantitative estimate of drug-likeness (QED) is 0.790. The van der Waals surface area contributed by atoms with Crippen LogP contribution >= 0.6 is 0 Å². The fraction of sp³-hybridized carbons (Fsp3) is 0.125. The second kappa shape index (κ2) is 5.77. The Morgan fingerprint density at radius 3 is 2.86 bits per heavy atom. The minimum absolute atomic E-state index is 0.0130. The lowest BCUT2D eigenvalue weighted by atomic mass is 10.2. The highest BCUT2D eigenvalue weighted by Crippen LogP contribution is 2.04. The minimum atomic E-state index is -0.459. The maximum absolute atomic E-state index is 12.4. The summed E-state index contributed by atoms with van der Waals surface area (Å²) in [6.07, 6.45) is 4.57. The first-order valence-electron chi connectivity index (χ1n) is 6.82. The Kier molecular flexibility index (Phi) is 3.65. The molecule has 0 atom stereocenters. The molecule has 6 heteroatoms. The van der Waals surface area contributed by atoms with E-state index in [0.717, 1.165) is 11.3 Å². The van der Waals surface area contributed by atoms with Crippen molar-refractivity contribution >= 4 is 11.6 Å². The first-order chi connectivity index (χ1) is 10.7. The van der Waals surface area contributed by atoms with Gasteiger partial charge in [-0.15, -0.1) is 0 Å². The summed E-state index contributed by atoms with van der Waals surface area (Å²) >= 11 is 0. The van der Waals surface area contributed by atoms with Crippen LogP contribution in [0.25, 0.3) is 5.65 Å². The zero-order chi connectivity index (χ0) is 15.5. The second-order valence-electron chi connectivity index (χ2n) is 4.87. The molecule has 0 aliphatic heterocycles. The number of carbonyl (C=O) groups is 1. The van der Waals surface area contributed by atoms with E-state index in [9.17, 15) is 9.59 Å². The van der Waals surface area contributed by atoms with E-state index in [2.05, 4.69) is 15.3 Å². The monoisotopic (exact) mass is 294 g/mol. The molecule has 0 bridgehead atoms. The van der Waals surface area contributed by atoms with E-state index in [1.165, 1.54) is 10.6 Å². The van der Waals surface area contributed by atoms with Crippen molar-refractivity contribution in [1.82, 2.24) is 19.7 Å². The van der Waals surface area contributed by atoms with Crippen LogP contribution in [0.15, 0.2) is 53.7 Å². The van der Waals surface area contributed by atoms with Gasteiger partial charge in [0.2, 0.25) is 0 Å². The lowest BCUT2D eigenvalue weighted by molar-refractivity contribution is 0.0948. The van der Waals surface area contributed by atoms with Crippen LogP contribution in [0.1, 0.15) is 21.6 Å². The Labute approximate surface area is 126 Å². The van der Waals surface area contributed by atoms with Crippen LogP contribution < -0.4 is 10.9 Å². The molecular formula is C16H14N4O2. The van der Waals surface area contributed by atoms with Gasteiger partial charge >= 0.3 is 0 Å². The highest BCUT2D eigenvalue weighted by molar-refractivity contribution is 5.93. The largest absolute Gasteiger partial charge is 0.346 e. The summed E-state index contributed by atoms with van der Waals surface area (Å²) in [5.41, 5.74) is 1.78. The molecule has 1 N–H and O–H groups in total. The summed E-state index contributed by atoms with van der Waals surface area (Å²) in [4.78, 5) is 32.9. The molecular weight excluding hydrogens is 280 g/mol. The Hall–Kier alpha value is -3.02. The summed E-state index contributed by atoms with van der Waals surface area (Å²) in [5.74, 6) is -0.459. The fourth-order valence-electron chi connectivity index (χ4n) is 2.17. The molecule has 0 spiro atoms. The molecule has 0 aliphatic carbocycles. The SMILES string of the molecule is Cc1cccn2c(=O)c(C(=O)NCc3ccccn3)cnc12. The molecule has 22 heavy (non-hydrogen) atoms. The van der Waals surface area contributed by atoms with E-state index in [0.29, 0.717) is 5.65 Å². The maximum Gasteiger partial charge on any atom is 0.270 e. The molecule has 110 valence electrons. The van der Waals surface area contributed by atoms with Gasteiger partial charge in [-0.25, -0.2) is 4.98 Å². The summed E-state index contributed by atoms with van der Waals surface area (Å²) in [6.45, 7) is 2.12. The van der Waals surface area contributed by atoms with E-state index < -0.39 is 5.91 Å². The standard InChI is InChI=1S/C16H14N4O2/c1-11-5-4-8-20-14(11)18-10-13(16(20)22)15(21)19-9-12-6-2-3-7-17-12/h2-8,10H,9H2,1H3,(H,19,21). The summed E-state index contributed by atoms with van der Waals surface area (Å²) in [7, 11) is 0. The van der Waals surface area contributed by atoms with Crippen LogP contribution in [0.3, 0.4) is 0 Å². The molecule has 0 aliphatic rings. The molecule has 3 aromatic rings. The Bertz CT molecular complexity index is 888. The van der Waals surface area contributed by atoms with Gasteiger partial charge in [0.05, 0.1) is 12.2 Å². The Morgan fingerprint density at radius 1 is 1.23 bits per heavy atom. The number of hydrogen-bond acceptors (Lipinski definition) is 4. The normalized spacial score (nSPS) is 10.6. The average Bonchev–Trinajstić information content (AvgIpc) is 2.55.